The summed E-state index contributed by atoms with van der Waals surface area (Å²) in [4.78, 5) is 14.5. The lowest BCUT2D eigenvalue weighted by atomic mass is 10.3. The van der Waals surface area contributed by atoms with Crippen LogP contribution in [0.5, 0.6) is 5.88 Å². The summed E-state index contributed by atoms with van der Waals surface area (Å²) in [5.74, 6) is -0.855. The fourth-order valence-corrected chi connectivity index (χ4v) is 1.16. The highest BCUT2D eigenvalue weighted by molar-refractivity contribution is 6.33. The molecular weight excluding hydrogens is 218 g/mol. The van der Waals surface area contributed by atoms with Crippen LogP contribution in [0.2, 0.25) is 5.02 Å². The number of halogens is 1. The van der Waals surface area contributed by atoms with Gasteiger partial charge in [-0.1, -0.05) is 24.9 Å². The van der Waals surface area contributed by atoms with E-state index < -0.39 is 5.97 Å². The van der Waals surface area contributed by atoms with Crippen LogP contribution in [0.15, 0.2) is 12.1 Å². The van der Waals surface area contributed by atoms with Crippen LogP contribution in [-0.4, -0.2) is 22.7 Å². The van der Waals surface area contributed by atoms with Crippen LogP contribution < -0.4 is 4.74 Å². The van der Waals surface area contributed by atoms with E-state index in [0.29, 0.717) is 12.5 Å². The van der Waals surface area contributed by atoms with Crippen LogP contribution >= 0.6 is 11.6 Å². The van der Waals surface area contributed by atoms with Crippen LogP contribution in [0.1, 0.15) is 30.3 Å². The number of rotatable bonds is 5. The van der Waals surface area contributed by atoms with Crippen LogP contribution in [0.4, 0.5) is 0 Å². The third kappa shape index (κ3) is 3.40. The average Bonchev–Trinajstić information content (AvgIpc) is 2.20. The zero-order chi connectivity index (χ0) is 11.3. The number of aromatic carboxylic acids is 1. The molecule has 1 N–H and O–H groups in total. The first-order valence-electron chi connectivity index (χ1n) is 4.67. The summed E-state index contributed by atoms with van der Waals surface area (Å²) in [5, 5.41) is 8.88. The number of hydrogen-bond donors (Lipinski definition) is 1. The van der Waals surface area contributed by atoms with Gasteiger partial charge in [0.2, 0.25) is 5.88 Å². The molecule has 82 valence electrons. The normalized spacial score (nSPS) is 10.0. The number of carboxylic acids is 1. The molecule has 1 aromatic rings. The lowest BCUT2D eigenvalue weighted by molar-refractivity contribution is 0.0689. The second-order valence-electron chi connectivity index (χ2n) is 2.99. The second kappa shape index (κ2) is 5.56. The third-order valence-corrected chi connectivity index (χ3v) is 2.08. The monoisotopic (exact) mass is 229 g/mol. The van der Waals surface area contributed by atoms with Crippen molar-refractivity contribution in [2.75, 3.05) is 6.61 Å². The highest BCUT2D eigenvalue weighted by Gasteiger charge is 2.11. The number of aromatic nitrogens is 1. The minimum absolute atomic E-state index is 0.116. The van der Waals surface area contributed by atoms with Gasteiger partial charge in [0.1, 0.15) is 0 Å². The molecule has 1 rings (SSSR count). The van der Waals surface area contributed by atoms with Crippen LogP contribution in [0, 0.1) is 0 Å². The molecule has 0 radical (unpaired) electrons. The van der Waals surface area contributed by atoms with Gasteiger partial charge < -0.3 is 9.84 Å². The Morgan fingerprint density at radius 3 is 2.93 bits per heavy atom. The summed E-state index contributed by atoms with van der Waals surface area (Å²) >= 11 is 5.65. The van der Waals surface area contributed by atoms with Crippen molar-refractivity contribution in [1.82, 2.24) is 4.98 Å². The van der Waals surface area contributed by atoms with Crippen molar-refractivity contribution in [1.29, 1.82) is 0 Å². The van der Waals surface area contributed by atoms with Gasteiger partial charge in [0.25, 0.3) is 0 Å². The maximum absolute atomic E-state index is 10.7. The summed E-state index contributed by atoms with van der Waals surface area (Å²) < 4.78 is 5.26. The Hall–Kier alpha value is -1.29. The SMILES string of the molecule is CCCCOc1ccc(Cl)c(C(=O)O)n1. The Balaban J connectivity index is 2.74. The van der Waals surface area contributed by atoms with Crippen molar-refractivity contribution >= 4 is 17.6 Å². The highest BCUT2D eigenvalue weighted by atomic mass is 35.5. The van der Waals surface area contributed by atoms with E-state index in [1.165, 1.54) is 6.07 Å². The molecule has 0 saturated carbocycles. The molecule has 0 aliphatic heterocycles. The summed E-state index contributed by atoms with van der Waals surface area (Å²) in [6.07, 6.45) is 1.92. The zero-order valence-electron chi connectivity index (χ0n) is 8.36. The van der Waals surface area contributed by atoms with Gasteiger partial charge in [0.15, 0.2) is 5.69 Å². The van der Waals surface area contributed by atoms with Gasteiger partial charge in [0.05, 0.1) is 11.6 Å². The van der Waals surface area contributed by atoms with Gasteiger partial charge >= 0.3 is 5.97 Å². The van der Waals surface area contributed by atoms with Gasteiger partial charge in [-0.05, 0) is 12.5 Å². The first-order valence-corrected chi connectivity index (χ1v) is 5.05. The molecule has 0 saturated heterocycles. The predicted molar refractivity (Wildman–Crippen MR) is 56.6 cm³/mol. The molecule has 4 nitrogen and oxygen atoms in total. The average molecular weight is 230 g/mol. The number of unbranched alkanes of at least 4 members (excludes halogenated alkanes) is 1. The minimum Gasteiger partial charge on any atom is -0.478 e. The molecule has 1 heterocycles. The molecule has 0 amide bonds. The Morgan fingerprint density at radius 1 is 1.60 bits per heavy atom. The third-order valence-electron chi connectivity index (χ3n) is 1.77. The molecule has 0 bridgehead atoms. The van der Waals surface area contributed by atoms with Crippen molar-refractivity contribution in [3.63, 3.8) is 0 Å². The maximum Gasteiger partial charge on any atom is 0.356 e. The van der Waals surface area contributed by atoms with Crippen molar-refractivity contribution in [3.05, 3.63) is 22.8 Å². The Bertz CT molecular complexity index is 355. The van der Waals surface area contributed by atoms with Gasteiger partial charge in [-0.3, -0.25) is 0 Å². The van der Waals surface area contributed by atoms with Crippen molar-refractivity contribution < 1.29 is 14.6 Å². The minimum atomic E-state index is -1.15. The molecule has 0 aliphatic rings. The zero-order valence-corrected chi connectivity index (χ0v) is 9.12. The van der Waals surface area contributed by atoms with E-state index in [1.807, 2.05) is 6.92 Å². The largest absolute Gasteiger partial charge is 0.478 e. The number of hydrogen-bond acceptors (Lipinski definition) is 3. The molecule has 0 aromatic carbocycles. The molecule has 1 aromatic heterocycles. The Morgan fingerprint density at radius 2 is 2.33 bits per heavy atom. The van der Waals surface area contributed by atoms with Gasteiger partial charge in [-0.2, -0.15) is 0 Å². The summed E-state index contributed by atoms with van der Waals surface area (Å²) in [6.45, 7) is 2.57. The Labute approximate surface area is 92.8 Å². The molecule has 0 fully saturated rings. The fraction of sp³-hybridized carbons (Fsp3) is 0.400. The first kappa shape index (κ1) is 11.8. The van der Waals surface area contributed by atoms with E-state index in [4.69, 9.17) is 21.4 Å². The van der Waals surface area contributed by atoms with Crippen LogP contribution in [0.3, 0.4) is 0 Å². The quantitative estimate of drug-likeness (QED) is 0.789. The molecule has 5 heteroatoms. The number of carboxylic acid groups (broad SMARTS) is 1. The highest BCUT2D eigenvalue weighted by Crippen LogP contribution is 2.18. The standard InChI is InChI=1S/C10H12ClNO3/c1-2-3-6-15-8-5-4-7(11)9(12-8)10(13)14/h4-5H,2-3,6H2,1H3,(H,13,14). The second-order valence-corrected chi connectivity index (χ2v) is 3.39. The van der Waals surface area contributed by atoms with Gasteiger partial charge in [0, 0.05) is 6.07 Å². The molecule has 0 spiro atoms. The molecular formula is C10H12ClNO3. The van der Waals surface area contributed by atoms with E-state index in [0.717, 1.165) is 12.8 Å². The lowest BCUT2D eigenvalue weighted by Gasteiger charge is -2.05. The van der Waals surface area contributed by atoms with Crippen molar-refractivity contribution in [2.45, 2.75) is 19.8 Å². The summed E-state index contributed by atoms with van der Waals surface area (Å²) in [6, 6.07) is 3.03. The van der Waals surface area contributed by atoms with E-state index in [9.17, 15) is 4.79 Å². The van der Waals surface area contributed by atoms with Crippen molar-refractivity contribution in [3.8, 4) is 5.88 Å². The van der Waals surface area contributed by atoms with Crippen LogP contribution in [-0.2, 0) is 0 Å². The van der Waals surface area contributed by atoms with E-state index in [1.54, 1.807) is 6.07 Å². The van der Waals surface area contributed by atoms with Gasteiger partial charge in [-0.15, -0.1) is 0 Å². The van der Waals surface area contributed by atoms with E-state index in [-0.39, 0.29) is 10.7 Å². The predicted octanol–water partition coefficient (Wildman–Crippen LogP) is 2.61. The lowest BCUT2D eigenvalue weighted by Crippen LogP contribution is -2.05. The van der Waals surface area contributed by atoms with Crippen molar-refractivity contribution in [2.24, 2.45) is 0 Å². The maximum atomic E-state index is 10.7. The smallest absolute Gasteiger partial charge is 0.356 e. The summed E-state index contributed by atoms with van der Waals surface area (Å²) in [5.41, 5.74) is -0.175. The number of pyridine rings is 1. The van der Waals surface area contributed by atoms with Gasteiger partial charge in [-0.25, -0.2) is 9.78 Å². The molecule has 15 heavy (non-hydrogen) atoms. The number of carbonyl (C=O) groups is 1. The number of ether oxygens (including phenoxy) is 1. The van der Waals surface area contributed by atoms with E-state index >= 15 is 0 Å². The Kier molecular flexibility index (Phi) is 4.37. The molecule has 0 unspecified atom stereocenters. The van der Waals surface area contributed by atoms with E-state index in [2.05, 4.69) is 4.98 Å². The first-order chi connectivity index (χ1) is 7.15. The topological polar surface area (TPSA) is 59.4 Å². The number of nitrogens with zero attached hydrogens (tertiary/aromatic N) is 1. The van der Waals surface area contributed by atoms with Crippen LogP contribution in [0.25, 0.3) is 0 Å². The molecule has 0 aliphatic carbocycles. The summed E-state index contributed by atoms with van der Waals surface area (Å²) in [7, 11) is 0. The molecule has 0 atom stereocenters. The fourth-order valence-electron chi connectivity index (χ4n) is 0.976.